The molecular formula is C15H19Cl2N3. The van der Waals surface area contributed by atoms with E-state index in [2.05, 4.69) is 12.0 Å². The highest BCUT2D eigenvalue weighted by Crippen LogP contribution is 2.39. The van der Waals surface area contributed by atoms with Gasteiger partial charge in [0, 0.05) is 18.2 Å². The Morgan fingerprint density at radius 1 is 1.15 bits per heavy atom. The van der Waals surface area contributed by atoms with E-state index in [4.69, 9.17) is 28.9 Å². The van der Waals surface area contributed by atoms with Gasteiger partial charge in [-0.1, -0.05) is 49.0 Å². The van der Waals surface area contributed by atoms with E-state index in [1.165, 1.54) is 12.8 Å². The summed E-state index contributed by atoms with van der Waals surface area (Å²) in [6, 6.07) is 5.48. The van der Waals surface area contributed by atoms with Gasteiger partial charge in [0.05, 0.1) is 15.7 Å². The Bertz CT molecular complexity index is 585. The van der Waals surface area contributed by atoms with Crippen molar-refractivity contribution in [2.75, 3.05) is 5.73 Å². The van der Waals surface area contributed by atoms with Crippen LogP contribution in [0.15, 0.2) is 18.2 Å². The third-order valence-corrected chi connectivity index (χ3v) is 4.02. The summed E-state index contributed by atoms with van der Waals surface area (Å²) in [5.74, 6) is 0.603. The molecule has 0 fully saturated rings. The molecule has 1 heterocycles. The highest BCUT2D eigenvalue weighted by molar-refractivity contribution is 6.39. The Hall–Kier alpha value is -1.19. The largest absolute Gasteiger partial charge is 0.383 e. The van der Waals surface area contributed by atoms with Gasteiger partial charge in [-0.2, -0.15) is 5.10 Å². The fourth-order valence-electron chi connectivity index (χ4n) is 2.32. The molecule has 3 nitrogen and oxygen atoms in total. The Morgan fingerprint density at radius 3 is 2.40 bits per heavy atom. The Kier molecular flexibility index (Phi) is 4.95. The molecule has 0 saturated heterocycles. The maximum absolute atomic E-state index is 6.30. The van der Waals surface area contributed by atoms with Gasteiger partial charge in [0.15, 0.2) is 0 Å². The number of nitrogens with two attached hydrogens (primary N) is 1. The van der Waals surface area contributed by atoms with Crippen molar-refractivity contribution in [1.29, 1.82) is 0 Å². The minimum Gasteiger partial charge on any atom is -0.383 e. The molecule has 0 bridgehead atoms. The first-order valence-corrected chi connectivity index (χ1v) is 7.57. The zero-order valence-electron chi connectivity index (χ0n) is 11.8. The van der Waals surface area contributed by atoms with Crippen molar-refractivity contribution in [3.8, 4) is 11.1 Å². The number of hydrogen-bond acceptors (Lipinski definition) is 2. The average Bonchev–Trinajstić information content (AvgIpc) is 2.67. The Labute approximate surface area is 129 Å². The molecule has 0 aliphatic rings. The van der Waals surface area contributed by atoms with Crippen molar-refractivity contribution in [3.05, 3.63) is 33.9 Å². The zero-order valence-corrected chi connectivity index (χ0v) is 13.3. The molecule has 0 unspecified atom stereocenters. The molecule has 0 atom stereocenters. The molecule has 108 valence electrons. The first kappa shape index (κ1) is 15.2. The lowest BCUT2D eigenvalue weighted by Gasteiger charge is -2.08. The maximum atomic E-state index is 6.30. The Balaban J connectivity index is 2.49. The van der Waals surface area contributed by atoms with E-state index in [9.17, 15) is 0 Å². The van der Waals surface area contributed by atoms with Crippen molar-refractivity contribution in [3.63, 3.8) is 0 Å². The van der Waals surface area contributed by atoms with E-state index < -0.39 is 0 Å². The van der Waals surface area contributed by atoms with Crippen LogP contribution in [0, 0.1) is 0 Å². The molecule has 0 aliphatic heterocycles. The van der Waals surface area contributed by atoms with E-state index in [0.29, 0.717) is 15.9 Å². The summed E-state index contributed by atoms with van der Waals surface area (Å²) in [5.41, 5.74) is 8.79. The minimum atomic E-state index is 0.603. The monoisotopic (exact) mass is 311 g/mol. The molecule has 0 amide bonds. The quantitative estimate of drug-likeness (QED) is 0.813. The van der Waals surface area contributed by atoms with E-state index in [-0.39, 0.29) is 0 Å². The summed E-state index contributed by atoms with van der Waals surface area (Å²) < 4.78 is 1.69. The minimum absolute atomic E-state index is 0.603. The molecule has 2 aromatic rings. The first-order chi connectivity index (χ1) is 9.56. The van der Waals surface area contributed by atoms with Gasteiger partial charge in [0.25, 0.3) is 0 Å². The van der Waals surface area contributed by atoms with Crippen molar-refractivity contribution >= 4 is 29.0 Å². The number of nitrogens with zero attached hydrogens (tertiary/aromatic N) is 2. The van der Waals surface area contributed by atoms with Crippen LogP contribution in [0.4, 0.5) is 5.82 Å². The van der Waals surface area contributed by atoms with Gasteiger partial charge in [-0.25, -0.2) is 0 Å². The van der Waals surface area contributed by atoms with Gasteiger partial charge in [-0.05, 0) is 25.0 Å². The molecule has 1 aromatic carbocycles. The van der Waals surface area contributed by atoms with Crippen molar-refractivity contribution in [1.82, 2.24) is 9.78 Å². The van der Waals surface area contributed by atoms with Crippen LogP contribution in [0.25, 0.3) is 11.1 Å². The normalized spacial score (nSPS) is 11.0. The number of aromatic nitrogens is 2. The highest BCUT2D eigenvalue weighted by atomic mass is 35.5. The van der Waals surface area contributed by atoms with Crippen LogP contribution in [0.5, 0.6) is 0 Å². The van der Waals surface area contributed by atoms with Gasteiger partial charge in [-0.15, -0.1) is 0 Å². The van der Waals surface area contributed by atoms with E-state index in [1.807, 2.05) is 25.2 Å². The van der Waals surface area contributed by atoms with Crippen LogP contribution in [0.2, 0.25) is 10.0 Å². The molecule has 0 aliphatic carbocycles. The van der Waals surface area contributed by atoms with Gasteiger partial charge < -0.3 is 5.73 Å². The standard InChI is InChI=1S/C15H19Cl2N3/c1-3-4-5-9-12-14(15(18)20(2)19-12)13-10(16)7-6-8-11(13)17/h6-8H,3-5,9,18H2,1-2H3. The molecule has 0 spiro atoms. The zero-order chi connectivity index (χ0) is 14.7. The lowest BCUT2D eigenvalue weighted by Crippen LogP contribution is -1.98. The van der Waals surface area contributed by atoms with Crippen LogP contribution in [-0.4, -0.2) is 9.78 Å². The Morgan fingerprint density at radius 2 is 1.80 bits per heavy atom. The number of anilines is 1. The first-order valence-electron chi connectivity index (χ1n) is 6.82. The smallest absolute Gasteiger partial charge is 0.129 e. The van der Waals surface area contributed by atoms with Crippen LogP contribution in [0.3, 0.4) is 0 Å². The molecule has 2 N–H and O–H groups in total. The fourth-order valence-corrected chi connectivity index (χ4v) is 2.91. The SMILES string of the molecule is CCCCCc1nn(C)c(N)c1-c1c(Cl)cccc1Cl. The van der Waals surface area contributed by atoms with Crippen molar-refractivity contribution in [2.24, 2.45) is 7.05 Å². The van der Waals surface area contributed by atoms with Gasteiger partial charge in [0.2, 0.25) is 0 Å². The lowest BCUT2D eigenvalue weighted by molar-refractivity contribution is 0.685. The summed E-state index contributed by atoms with van der Waals surface area (Å²) in [6.07, 6.45) is 4.31. The topological polar surface area (TPSA) is 43.8 Å². The number of aryl methyl sites for hydroxylation is 2. The predicted octanol–water partition coefficient (Wildman–Crippen LogP) is 4.71. The number of benzene rings is 1. The summed E-state index contributed by atoms with van der Waals surface area (Å²) in [5, 5.41) is 5.73. The fraction of sp³-hybridized carbons (Fsp3) is 0.400. The number of halogens is 2. The van der Waals surface area contributed by atoms with Crippen LogP contribution < -0.4 is 5.73 Å². The second kappa shape index (κ2) is 6.51. The highest BCUT2D eigenvalue weighted by Gasteiger charge is 2.20. The van der Waals surface area contributed by atoms with Crippen molar-refractivity contribution in [2.45, 2.75) is 32.6 Å². The van der Waals surface area contributed by atoms with Gasteiger partial charge in [-0.3, -0.25) is 4.68 Å². The second-order valence-electron chi connectivity index (χ2n) is 4.88. The van der Waals surface area contributed by atoms with Gasteiger partial charge in [0.1, 0.15) is 5.82 Å². The number of nitrogen functional groups attached to an aromatic ring is 1. The van der Waals surface area contributed by atoms with E-state index in [1.54, 1.807) is 4.68 Å². The molecule has 5 heteroatoms. The maximum Gasteiger partial charge on any atom is 0.129 e. The molecule has 0 saturated carbocycles. The van der Waals surface area contributed by atoms with E-state index in [0.717, 1.165) is 29.7 Å². The number of rotatable bonds is 5. The summed E-state index contributed by atoms with van der Waals surface area (Å²) in [6.45, 7) is 2.18. The van der Waals surface area contributed by atoms with Crippen molar-refractivity contribution < 1.29 is 0 Å². The number of hydrogen-bond donors (Lipinski definition) is 1. The summed E-state index contributed by atoms with van der Waals surface area (Å²) >= 11 is 12.6. The van der Waals surface area contributed by atoms with Crippen LogP contribution in [-0.2, 0) is 13.5 Å². The summed E-state index contributed by atoms with van der Waals surface area (Å²) in [4.78, 5) is 0. The summed E-state index contributed by atoms with van der Waals surface area (Å²) in [7, 11) is 1.84. The van der Waals surface area contributed by atoms with Crippen LogP contribution in [0.1, 0.15) is 31.9 Å². The molecule has 2 rings (SSSR count). The predicted molar refractivity (Wildman–Crippen MR) is 86.3 cm³/mol. The number of unbranched alkanes of at least 4 members (excludes halogenated alkanes) is 2. The molecular weight excluding hydrogens is 293 g/mol. The molecule has 0 radical (unpaired) electrons. The average molecular weight is 312 g/mol. The third-order valence-electron chi connectivity index (χ3n) is 3.39. The third kappa shape index (κ3) is 2.94. The second-order valence-corrected chi connectivity index (χ2v) is 5.70. The van der Waals surface area contributed by atoms with Gasteiger partial charge >= 0.3 is 0 Å². The molecule has 1 aromatic heterocycles. The van der Waals surface area contributed by atoms with Crippen LogP contribution >= 0.6 is 23.2 Å². The lowest BCUT2D eigenvalue weighted by atomic mass is 10.0. The van der Waals surface area contributed by atoms with E-state index >= 15 is 0 Å². The molecule has 20 heavy (non-hydrogen) atoms.